The molecule has 2 aromatic rings. The normalized spacial score (nSPS) is 10.3. The minimum absolute atomic E-state index is 0.0680. The number of nitrogens with two attached hydrogens (primary N) is 1. The van der Waals surface area contributed by atoms with Crippen molar-refractivity contribution in [3.63, 3.8) is 0 Å². The molecule has 17 heavy (non-hydrogen) atoms. The van der Waals surface area contributed by atoms with E-state index in [2.05, 4.69) is 5.32 Å². The van der Waals surface area contributed by atoms with E-state index in [4.69, 9.17) is 17.3 Å². The van der Waals surface area contributed by atoms with Crippen molar-refractivity contribution in [3.05, 3.63) is 53.1 Å². The predicted molar refractivity (Wildman–Crippen MR) is 65.5 cm³/mol. The van der Waals surface area contributed by atoms with Gasteiger partial charge in [-0.3, -0.25) is 0 Å². The topological polar surface area (TPSA) is 38.0 Å². The maximum absolute atomic E-state index is 13.4. The first-order valence-electron chi connectivity index (χ1n) is 4.84. The van der Waals surface area contributed by atoms with Gasteiger partial charge >= 0.3 is 0 Å². The third-order valence-electron chi connectivity index (χ3n) is 2.24. The van der Waals surface area contributed by atoms with Crippen LogP contribution >= 0.6 is 11.6 Å². The van der Waals surface area contributed by atoms with Crippen LogP contribution in [0.3, 0.4) is 0 Å². The largest absolute Gasteiger partial charge is 0.397 e. The van der Waals surface area contributed by atoms with Gasteiger partial charge < -0.3 is 11.1 Å². The maximum atomic E-state index is 13.4. The van der Waals surface area contributed by atoms with Crippen molar-refractivity contribution in [2.75, 3.05) is 11.1 Å². The van der Waals surface area contributed by atoms with Gasteiger partial charge in [-0.05, 0) is 18.2 Å². The molecule has 5 heteroatoms. The Labute approximate surface area is 102 Å². The Hall–Kier alpha value is -1.81. The number of benzene rings is 2. The molecule has 0 atom stereocenters. The second-order valence-electron chi connectivity index (χ2n) is 3.46. The summed E-state index contributed by atoms with van der Waals surface area (Å²) in [5.74, 6) is -1.05. The molecule has 0 aliphatic heterocycles. The molecular weight excluding hydrogens is 246 g/mol. The molecule has 0 aliphatic carbocycles. The van der Waals surface area contributed by atoms with Crippen molar-refractivity contribution in [1.29, 1.82) is 0 Å². The van der Waals surface area contributed by atoms with Gasteiger partial charge in [0.05, 0.1) is 22.1 Å². The monoisotopic (exact) mass is 254 g/mol. The van der Waals surface area contributed by atoms with E-state index in [0.717, 1.165) is 6.07 Å². The Morgan fingerprint density at radius 3 is 2.41 bits per heavy atom. The van der Waals surface area contributed by atoms with E-state index in [1.165, 1.54) is 18.2 Å². The van der Waals surface area contributed by atoms with Gasteiger partial charge in [0, 0.05) is 6.07 Å². The number of rotatable bonds is 2. The number of para-hydroxylation sites is 1. The van der Waals surface area contributed by atoms with Gasteiger partial charge in [0.1, 0.15) is 11.6 Å². The molecule has 3 N–H and O–H groups in total. The lowest BCUT2D eigenvalue weighted by atomic mass is 10.2. The van der Waals surface area contributed by atoms with Crippen molar-refractivity contribution in [2.45, 2.75) is 0 Å². The van der Waals surface area contributed by atoms with Crippen LogP contribution in [0.2, 0.25) is 5.02 Å². The van der Waals surface area contributed by atoms with E-state index in [-0.39, 0.29) is 22.1 Å². The standard InChI is InChI=1S/C12H9ClF2N2/c13-7-5-10(16)12(6-9(7)15)17-11-4-2-1-3-8(11)14/h1-6,17H,16H2. The third-order valence-corrected chi connectivity index (χ3v) is 2.53. The fraction of sp³-hybridized carbons (Fsp3) is 0. The van der Waals surface area contributed by atoms with Gasteiger partial charge in [0.15, 0.2) is 0 Å². The fourth-order valence-corrected chi connectivity index (χ4v) is 1.55. The van der Waals surface area contributed by atoms with E-state index < -0.39 is 11.6 Å². The summed E-state index contributed by atoms with van der Waals surface area (Å²) in [6.45, 7) is 0. The Morgan fingerprint density at radius 2 is 1.71 bits per heavy atom. The number of hydrogen-bond acceptors (Lipinski definition) is 2. The van der Waals surface area contributed by atoms with Gasteiger partial charge in [-0.25, -0.2) is 8.78 Å². The molecule has 0 saturated carbocycles. The summed E-state index contributed by atoms with van der Waals surface area (Å²) < 4.78 is 26.6. The highest BCUT2D eigenvalue weighted by Gasteiger charge is 2.08. The molecule has 0 bridgehead atoms. The van der Waals surface area contributed by atoms with Crippen molar-refractivity contribution in [2.24, 2.45) is 0 Å². The van der Waals surface area contributed by atoms with Crippen molar-refractivity contribution in [1.82, 2.24) is 0 Å². The molecular formula is C12H9ClF2N2. The molecule has 0 aliphatic rings. The van der Waals surface area contributed by atoms with Gasteiger partial charge in [0.25, 0.3) is 0 Å². The van der Waals surface area contributed by atoms with Crippen LogP contribution in [0.1, 0.15) is 0 Å². The first-order valence-corrected chi connectivity index (χ1v) is 5.22. The number of halogens is 3. The summed E-state index contributed by atoms with van der Waals surface area (Å²) in [7, 11) is 0. The molecule has 2 aromatic carbocycles. The lowest BCUT2D eigenvalue weighted by Gasteiger charge is -2.10. The van der Waals surface area contributed by atoms with Crippen LogP contribution in [0.4, 0.5) is 25.8 Å². The summed E-state index contributed by atoms with van der Waals surface area (Å²) in [4.78, 5) is 0. The number of nitrogen functional groups attached to an aromatic ring is 1. The summed E-state index contributed by atoms with van der Waals surface area (Å²) in [6.07, 6.45) is 0. The third kappa shape index (κ3) is 2.47. The summed E-state index contributed by atoms with van der Waals surface area (Å²) in [6, 6.07) is 8.45. The highest BCUT2D eigenvalue weighted by atomic mass is 35.5. The average molecular weight is 255 g/mol. The summed E-state index contributed by atoms with van der Waals surface area (Å²) in [5, 5.41) is 2.64. The molecule has 0 spiro atoms. The van der Waals surface area contributed by atoms with E-state index >= 15 is 0 Å². The molecule has 2 nitrogen and oxygen atoms in total. The van der Waals surface area contributed by atoms with Crippen LogP contribution in [0.15, 0.2) is 36.4 Å². The van der Waals surface area contributed by atoms with Crippen molar-refractivity contribution in [3.8, 4) is 0 Å². The van der Waals surface area contributed by atoms with Gasteiger partial charge in [0.2, 0.25) is 0 Å². The molecule has 0 amide bonds. The minimum atomic E-state index is -0.611. The van der Waals surface area contributed by atoms with Crippen LogP contribution < -0.4 is 11.1 Å². The number of hydrogen-bond donors (Lipinski definition) is 2. The van der Waals surface area contributed by atoms with Crippen molar-refractivity contribution < 1.29 is 8.78 Å². The molecule has 0 fully saturated rings. The average Bonchev–Trinajstić information content (AvgIpc) is 2.29. The molecule has 0 radical (unpaired) electrons. The second kappa shape index (κ2) is 4.59. The Morgan fingerprint density at radius 1 is 1.00 bits per heavy atom. The van der Waals surface area contributed by atoms with Crippen LogP contribution in [-0.2, 0) is 0 Å². The quantitative estimate of drug-likeness (QED) is 0.797. The molecule has 0 aromatic heterocycles. The first kappa shape index (κ1) is 11.7. The lowest BCUT2D eigenvalue weighted by Crippen LogP contribution is -1.99. The van der Waals surface area contributed by atoms with Crippen LogP contribution in [0.25, 0.3) is 0 Å². The van der Waals surface area contributed by atoms with Gasteiger partial charge in [-0.2, -0.15) is 0 Å². The lowest BCUT2D eigenvalue weighted by molar-refractivity contribution is 0.627. The van der Waals surface area contributed by atoms with Crippen LogP contribution in [0, 0.1) is 11.6 Å². The fourth-order valence-electron chi connectivity index (χ4n) is 1.38. The Bertz CT molecular complexity index is 558. The molecule has 0 heterocycles. The zero-order valence-corrected chi connectivity index (χ0v) is 9.43. The van der Waals surface area contributed by atoms with E-state index in [0.29, 0.717) is 0 Å². The molecule has 2 rings (SSSR count). The van der Waals surface area contributed by atoms with E-state index in [1.54, 1.807) is 12.1 Å². The van der Waals surface area contributed by atoms with E-state index in [9.17, 15) is 8.78 Å². The number of nitrogens with one attached hydrogen (secondary N) is 1. The SMILES string of the molecule is Nc1cc(Cl)c(F)cc1Nc1ccccc1F. The molecule has 0 saturated heterocycles. The van der Waals surface area contributed by atoms with Crippen molar-refractivity contribution >= 4 is 28.7 Å². The van der Waals surface area contributed by atoms with Gasteiger partial charge in [-0.1, -0.05) is 23.7 Å². The summed E-state index contributed by atoms with van der Waals surface area (Å²) >= 11 is 5.56. The Balaban J connectivity index is 2.37. The minimum Gasteiger partial charge on any atom is -0.397 e. The second-order valence-corrected chi connectivity index (χ2v) is 3.87. The number of anilines is 3. The zero-order valence-electron chi connectivity index (χ0n) is 8.68. The predicted octanol–water partition coefficient (Wildman–Crippen LogP) is 3.94. The molecule has 88 valence electrons. The highest BCUT2D eigenvalue weighted by molar-refractivity contribution is 6.31. The Kier molecular flexibility index (Phi) is 3.15. The zero-order chi connectivity index (χ0) is 12.4. The van der Waals surface area contributed by atoms with Gasteiger partial charge in [-0.15, -0.1) is 0 Å². The smallest absolute Gasteiger partial charge is 0.146 e. The first-order chi connectivity index (χ1) is 8.08. The molecule has 0 unspecified atom stereocenters. The summed E-state index contributed by atoms with van der Waals surface area (Å²) in [5.41, 5.74) is 6.40. The van der Waals surface area contributed by atoms with E-state index in [1.807, 2.05) is 0 Å². The highest BCUT2D eigenvalue weighted by Crippen LogP contribution is 2.29. The maximum Gasteiger partial charge on any atom is 0.146 e. The van der Waals surface area contributed by atoms with Crippen LogP contribution in [0.5, 0.6) is 0 Å². The van der Waals surface area contributed by atoms with Crippen LogP contribution in [-0.4, -0.2) is 0 Å².